The SMILES string of the molecule is CNc1cnc(-c2cscn2)s1. The van der Waals surface area contributed by atoms with Crippen LogP contribution in [0.1, 0.15) is 0 Å². The van der Waals surface area contributed by atoms with Gasteiger partial charge in [0, 0.05) is 12.4 Å². The maximum absolute atomic E-state index is 4.23. The number of anilines is 1. The lowest BCUT2D eigenvalue weighted by atomic mass is 10.5. The van der Waals surface area contributed by atoms with E-state index in [-0.39, 0.29) is 0 Å². The molecule has 2 heterocycles. The molecule has 62 valence electrons. The van der Waals surface area contributed by atoms with E-state index < -0.39 is 0 Å². The van der Waals surface area contributed by atoms with E-state index in [4.69, 9.17) is 0 Å². The van der Waals surface area contributed by atoms with Gasteiger partial charge < -0.3 is 5.32 Å². The quantitative estimate of drug-likeness (QED) is 0.802. The Labute approximate surface area is 78.1 Å². The molecule has 3 nitrogen and oxygen atoms in total. The van der Waals surface area contributed by atoms with E-state index in [2.05, 4.69) is 15.3 Å². The number of rotatable bonds is 2. The van der Waals surface area contributed by atoms with Crippen molar-refractivity contribution in [2.45, 2.75) is 0 Å². The molecule has 2 aromatic heterocycles. The van der Waals surface area contributed by atoms with Crippen molar-refractivity contribution in [2.75, 3.05) is 12.4 Å². The average Bonchev–Trinajstić information content (AvgIpc) is 2.75. The van der Waals surface area contributed by atoms with Crippen LogP contribution in [0.15, 0.2) is 17.1 Å². The van der Waals surface area contributed by atoms with Gasteiger partial charge in [-0.1, -0.05) is 11.3 Å². The van der Waals surface area contributed by atoms with E-state index >= 15 is 0 Å². The van der Waals surface area contributed by atoms with Crippen LogP contribution in [0.2, 0.25) is 0 Å². The van der Waals surface area contributed by atoms with E-state index in [9.17, 15) is 0 Å². The number of aromatic nitrogens is 2. The van der Waals surface area contributed by atoms with Gasteiger partial charge in [-0.2, -0.15) is 0 Å². The second-order valence-corrected chi connectivity index (χ2v) is 3.90. The summed E-state index contributed by atoms with van der Waals surface area (Å²) in [4.78, 5) is 8.40. The lowest BCUT2D eigenvalue weighted by Crippen LogP contribution is -1.80. The molecule has 0 saturated carbocycles. The lowest BCUT2D eigenvalue weighted by molar-refractivity contribution is 1.34. The zero-order valence-electron chi connectivity index (χ0n) is 6.44. The van der Waals surface area contributed by atoms with Crippen molar-refractivity contribution in [3.63, 3.8) is 0 Å². The summed E-state index contributed by atoms with van der Waals surface area (Å²) in [6.45, 7) is 0. The lowest BCUT2D eigenvalue weighted by Gasteiger charge is -1.87. The molecule has 0 radical (unpaired) electrons. The Morgan fingerprint density at radius 2 is 2.33 bits per heavy atom. The molecule has 0 aromatic carbocycles. The summed E-state index contributed by atoms with van der Waals surface area (Å²) in [5.74, 6) is 0. The molecule has 0 aliphatic heterocycles. The van der Waals surface area contributed by atoms with Gasteiger partial charge >= 0.3 is 0 Å². The highest BCUT2D eigenvalue weighted by molar-refractivity contribution is 7.19. The highest BCUT2D eigenvalue weighted by Gasteiger charge is 2.04. The summed E-state index contributed by atoms with van der Waals surface area (Å²) in [6, 6.07) is 0. The van der Waals surface area contributed by atoms with E-state index in [0.29, 0.717) is 0 Å². The molecule has 12 heavy (non-hydrogen) atoms. The van der Waals surface area contributed by atoms with Crippen LogP contribution in [0.4, 0.5) is 5.00 Å². The predicted molar refractivity (Wildman–Crippen MR) is 52.8 cm³/mol. The van der Waals surface area contributed by atoms with Crippen LogP contribution in [0.25, 0.3) is 10.7 Å². The molecular formula is C7H7N3S2. The molecule has 0 aliphatic carbocycles. The van der Waals surface area contributed by atoms with E-state index in [1.54, 1.807) is 22.7 Å². The molecule has 0 unspecified atom stereocenters. The molecular weight excluding hydrogens is 190 g/mol. The third kappa shape index (κ3) is 1.33. The van der Waals surface area contributed by atoms with Gasteiger partial charge in [-0.15, -0.1) is 11.3 Å². The van der Waals surface area contributed by atoms with Crippen molar-refractivity contribution in [3.8, 4) is 10.7 Å². The van der Waals surface area contributed by atoms with Crippen molar-refractivity contribution in [1.29, 1.82) is 0 Å². The molecule has 0 fully saturated rings. The van der Waals surface area contributed by atoms with Gasteiger partial charge in [-0.25, -0.2) is 9.97 Å². The first-order valence-electron chi connectivity index (χ1n) is 3.42. The Morgan fingerprint density at radius 1 is 1.42 bits per heavy atom. The van der Waals surface area contributed by atoms with Gasteiger partial charge in [0.1, 0.15) is 15.7 Å². The van der Waals surface area contributed by atoms with Crippen LogP contribution in [0, 0.1) is 0 Å². The molecule has 0 saturated heterocycles. The topological polar surface area (TPSA) is 37.8 Å². The normalized spacial score (nSPS) is 10.1. The minimum Gasteiger partial charge on any atom is -0.379 e. The molecule has 0 spiro atoms. The second kappa shape index (κ2) is 3.20. The number of nitrogens with zero attached hydrogens (tertiary/aromatic N) is 2. The van der Waals surface area contributed by atoms with Crippen LogP contribution in [-0.4, -0.2) is 17.0 Å². The number of thiazole rings is 2. The molecule has 5 heteroatoms. The zero-order chi connectivity index (χ0) is 8.39. The fraction of sp³-hybridized carbons (Fsp3) is 0.143. The monoisotopic (exact) mass is 197 g/mol. The highest BCUT2D eigenvalue weighted by atomic mass is 32.1. The summed E-state index contributed by atoms with van der Waals surface area (Å²) in [5.41, 5.74) is 2.78. The Kier molecular flexibility index (Phi) is 2.05. The zero-order valence-corrected chi connectivity index (χ0v) is 8.08. The van der Waals surface area contributed by atoms with Gasteiger partial charge in [0.2, 0.25) is 0 Å². The van der Waals surface area contributed by atoms with Crippen molar-refractivity contribution >= 4 is 27.7 Å². The molecule has 0 amide bonds. The van der Waals surface area contributed by atoms with Gasteiger partial charge in [0.15, 0.2) is 0 Å². The molecule has 2 aromatic rings. The van der Waals surface area contributed by atoms with Crippen LogP contribution in [-0.2, 0) is 0 Å². The smallest absolute Gasteiger partial charge is 0.144 e. The predicted octanol–water partition coefficient (Wildman–Crippen LogP) is 2.31. The van der Waals surface area contributed by atoms with Crippen molar-refractivity contribution < 1.29 is 0 Å². The first-order chi connectivity index (χ1) is 5.90. The molecule has 2 rings (SSSR count). The second-order valence-electron chi connectivity index (χ2n) is 2.15. The fourth-order valence-electron chi connectivity index (χ4n) is 0.826. The van der Waals surface area contributed by atoms with Crippen LogP contribution in [0.3, 0.4) is 0 Å². The maximum atomic E-state index is 4.23. The minimum atomic E-state index is 0.964. The molecule has 0 bridgehead atoms. The average molecular weight is 197 g/mol. The van der Waals surface area contributed by atoms with Gasteiger partial charge in [0.05, 0.1) is 11.7 Å². The largest absolute Gasteiger partial charge is 0.379 e. The summed E-state index contributed by atoms with van der Waals surface area (Å²) in [7, 11) is 1.89. The summed E-state index contributed by atoms with van der Waals surface area (Å²) in [5, 5.41) is 7.08. The van der Waals surface area contributed by atoms with E-state index in [1.807, 2.05) is 24.1 Å². The minimum absolute atomic E-state index is 0.964. The van der Waals surface area contributed by atoms with E-state index in [0.717, 1.165) is 15.7 Å². The van der Waals surface area contributed by atoms with Gasteiger partial charge in [-0.05, 0) is 0 Å². The maximum Gasteiger partial charge on any atom is 0.144 e. The summed E-state index contributed by atoms with van der Waals surface area (Å²) >= 11 is 3.20. The summed E-state index contributed by atoms with van der Waals surface area (Å²) in [6.07, 6.45) is 1.82. The molecule has 0 atom stereocenters. The number of nitrogens with one attached hydrogen (secondary N) is 1. The highest BCUT2D eigenvalue weighted by Crippen LogP contribution is 2.27. The van der Waals surface area contributed by atoms with E-state index in [1.165, 1.54) is 0 Å². The van der Waals surface area contributed by atoms with Crippen LogP contribution < -0.4 is 5.32 Å². The van der Waals surface area contributed by atoms with Crippen molar-refractivity contribution in [1.82, 2.24) is 9.97 Å². The fourth-order valence-corrected chi connectivity index (χ4v) is 2.17. The first-order valence-corrected chi connectivity index (χ1v) is 5.18. The van der Waals surface area contributed by atoms with Crippen molar-refractivity contribution in [3.05, 3.63) is 17.1 Å². The van der Waals surface area contributed by atoms with Crippen molar-refractivity contribution in [2.24, 2.45) is 0 Å². The van der Waals surface area contributed by atoms with Crippen LogP contribution >= 0.6 is 22.7 Å². The number of hydrogen-bond donors (Lipinski definition) is 1. The third-order valence-electron chi connectivity index (χ3n) is 1.40. The third-order valence-corrected chi connectivity index (χ3v) is 3.03. The Hall–Kier alpha value is -0.940. The standard InChI is InChI=1S/C7H7N3S2/c1-8-6-2-9-7(12-6)5-3-11-4-10-5/h2-4,8H,1H3. The molecule has 1 N–H and O–H groups in total. The molecule has 0 aliphatic rings. The Morgan fingerprint density at radius 3 is 2.92 bits per heavy atom. The summed E-state index contributed by atoms with van der Waals surface area (Å²) < 4.78 is 0. The van der Waals surface area contributed by atoms with Gasteiger partial charge in [-0.3, -0.25) is 0 Å². The first kappa shape index (κ1) is 7.70. The van der Waals surface area contributed by atoms with Crippen LogP contribution in [0.5, 0.6) is 0 Å². The Balaban J connectivity index is 2.35. The Bertz CT molecular complexity index is 352. The van der Waals surface area contributed by atoms with Gasteiger partial charge in [0.25, 0.3) is 0 Å². The number of hydrogen-bond acceptors (Lipinski definition) is 5.